The number of hydrogen-bond donors (Lipinski definition) is 4. The number of aliphatic hydroxyl groups excluding tert-OH is 1. The van der Waals surface area contributed by atoms with Gasteiger partial charge in [0.1, 0.15) is 11.6 Å². The van der Waals surface area contributed by atoms with Gasteiger partial charge in [-0.15, -0.1) is 0 Å². The number of aliphatic hydroxyl groups is 1. The van der Waals surface area contributed by atoms with Crippen LogP contribution in [0.15, 0.2) is 30.5 Å². The monoisotopic (exact) mass is 443 g/mol. The molecule has 1 aromatic heterocycles. The van der Waals surface area contributed by atoms with Crippen LogP contribution in [0.25, 0.3) is 0 Å². The lowest BCUT2D eigenvalue weighted by molar-refractivity contribution is -0.137. The van der Waals surface area contributed by atoms with Gasteiger partial charge in [-0.2, -0.15) is 0 Å². The van der Waals surface area contributed by atoms with E-state index in [1.807, 2.05) is 13.8 Å². The minimum absolute atomic E-state index is 0.0631. The number of aromatic nitrogens is 2. The Balaban J connectivity index is 1.54. The molecule has 1 aliphatic heterocycles. The van der Waals surface area contributed by atoms with Crippen molar-refractivity contribution in [2.45, 2.75) is 57.1 Å². The standard InChI is InChI=1S/C23H30FN5O3/c1-13(2)21-25-12-18(27-21)19-17(28-23(32)26-15-7-5-14(24)6-8-15)11-16(20(19)30)22(31)29-9-3-4-10-29/h5-8,12-13,16-17,19-20,30H,3-4,9-11H2,1-2H3,(H,25,27)(H2,26,28,32)/t16-,17+,19+,20+/m0/s1. The van der Waals surface area contributed by atoms with E-state index in [0.717, 1.165) is 18.7 Å². The van der Waals surface area contributed by atoms with Crippen LogP contribution in [-0.4, -0.2) is 57.1 Å². The van der Waals surface area contributed by atoms with E-state index in [1.54, 1.807) is 11.1 Å². The number of nitrogens with zero attached hydrogens (tertiary/aromatic N) is 2. The lowest BCUT2D eigenvalue weighted by atomic mass is 9.96. The molecule has 1 aliphatic carbocycles. The second-order valence-corrected chi connectivity index (χ2v) is 8.98. The number of rotatable bonds is 5. The highest BCUT2D eigenvalue weighted by atomic mass is 19.1. The molecular weight excluding hydrogens is 413 g/mol. The Hall–Kier alpha value is -2.94. The van der Waals surface area contributed by atoms with Gasteiger partial charge in [0.25, 0.3) is 0 Å². The number of likely N-dealkylation sites (tertiary alicyclic amines) is 1. The predicted octanol–water partition coefficient (Wildman–Crippen LogP) is 2.95. The van der Waals surface area contributed by atoms with Crippen LogP contribution < -0.4 is 10.6 Å². The van der Waals surface area contributed by atoms with Gasteiger partial charge < -0.3 is 25.6 Å². The van der Waals surface area contributed by atoms with E-state index in [1.165, 1.54) is 24.3 Å². The molecule has 8 nitrogen and oxygen atoms in total. The fraction of sp³-hybridized carbons (Fsp3) is 0.522. The SMILES string of the molecule is CC(C)c1ncc([C@@H]2[C@H](O)[C@@H](C(=O)N3CCCC3)C[C@H]2NC(=O)Nc2ccc(F)cc2)[nH]1. The van der Waals surface area contributed by atoms with Crippen LogP contribution in [0.5, 0.6) is 0 Å². The van der Waals surface area contributed by atoms with Crippen molar-refractivity contribution in [2.75, 3.05) is 18.4 Å². The highest BCUT2D eigenvalue weighted by molar-refractivity contribution is 5.89. The average molecular weight is 444 g/mol. The molecule has 4 atom stereocenters. The molecule has 2 heterocycles. The minimum Gasteiger partial charge on any atom is -0.392 e. The lowest BCUT2D eigenvalue weighted by Gasteiger charge is -2.24. The maximum Gasteiger partial charge on any atom is 0.319 e. The molecule has 1 saturated heterocycles. The third-order valence-corrected chi connectivity index (χ3v) is 6.40. The van der Waals surface area contributed by atoms with Gasteiger partial charge in [-0.05, 0) is 43.5 Å². The molecule has 172 valence electrons. The Morgan fingerprint density at radius 3 is 2.53 bits per heavy atom. The van der Waals surface area contributed by atoms with E-state index in [9.17, 15) is 19.1 Å². The molecule has 0 spiro atoms. The molecule has 4 rings (SSSR count). The molecule has 0 radical (unpaired) electrons. The number of carbonyl (C=O) groups excluding carboxylic acids is 2. The third-order valence-electron chi connectivity index (χ3n) is 6.40. The van der Waals surface area contributed by atoms with E-state index in [2.05, 4.69) is 20.6 Å². The predicted molar refractivity (Wildman–Crippen MR) is 118 cm³/mol. The summed E-state index contributed by atoms with van der Waals surface area (Å²) in [5, 5.41) is 16.8. The molecule has 3 amide bonds. The normalized spacial score (nSPS) is 25.3. The molecule has 1 saturated carbocycles. The summed E-state index contributed by atoms with van der Waals surface area (Å²) in [6.45, 7) is 5.44. The quantitative estimate of drug-likeness (QED) is 0.569. The Labute approximate surface area is 186 Å². The van der Waals surface area contributed by atoms with Crippen molar-refractivity contribution in [1.29, 1.82) is 0 Å². The van der Waals surface area contributed by atoms with Gasteiger partial charge in [0.2, 0.25) is 5.91 Å². The Kier molecular flexibility index (Phi) is 6.45. The summed E-state index contributed by atoms with van der Waals surface area (Å²) in [6.07, 6.45) is 3.00. The number of benzene rings is 1. The van der Waals surface area contributed by atoms with Gasteiger partial charge in [0, 0.05) is 48.5 Å². The van der Waals surface area contributed by atoms with Gasteiger partial charge in [-0.3, -0.25) is 4.79 Å². The van der Waals surface area contributed by atoms with E-state index < -0.39 is 35.8 Å². The fourth-order valence-corrected chi connectivity index (χ4v) is 4.70. The Bertz CT molecular complexity index is 955. The molecular formula is C23H30FN5O3. The summed E-state index contributed by atoms with van der Waals surface area (Å²) in [7, 11) is 0. The Morgan fingerprint density at radius 2 is 1.91 bits per heavy atom. The van der Waals surface area contributed by atoms with Gasteiger partial charge >= 0.3 is 6.03 Å². The van der Waals surface area contributed by atoms with Gasteiger partial charge in [-0.1, -0.05) is 13.8 Å². The number of hydrogen-bond acceptors (Lipinski definition) is 4. The number of nitrogens with one attached hydrogen (secondary N) is 3. The number of amides is 3. The summed E-state index contributed by atoms with van der Waals surface area (Å²) < 4.78 is 13.1. The zero-order valence-corrected chi connectivity index (χ0v) is 18.3. The molecule has 0 bridgehead atoms. The van der Waals surface area contributed by atoms with Crippen molar-refractivity contribution in [2.24, 2.45) is 5.92 Å². The molecule has 0 unspecified atom stereocenters. The average Bonchev–Trinajstić information content (AvgIpc) is 3.50. The smallest absolute Gasteiger partial charge is 0.319 e. The van der Waals surface area contributed by atoms with Crippen LogP contribution in [0.1, 0.15) is 56.5 Å². The molecule has 1 aromatic carbocycles. The van der Waals surface area contributed by atoms with Crippen LogP contribution in [-0.2, 0) is 4.79 Å². The number of urea groups is 1. The number of carbonyl (C=O) groups is 2. The van der Waals surface area contributed by atoms with Crippen molar-refractivity contribution < 1.29 is 19.1 Å². The van der Waals surface area contributed by atoms with Crippen LogP contribution >= 0.6 is 0 Å². The summed E-state index contributed by atoms with van der Waals surface area (Å²) >= 11 is 0. The maximum atomic E-state index is 13.1. The van der Waals surface area contributed by atoms with Gasteiger partial charge in [0.15, 0.2) is 0 Å². The van der Waals surface area contributed by atoms with Gasteiger partial charge in [0.05, 0.1) is 12.0 Å². The summed E-state index contributed by atoms with van der Waals surface area (Å²) in [4.78, 5) is 35.2. The first-order valence-electron chi connectivity index (χ1n) is 11.2. The molecule has 2 fully saturated rings. The number of imidazole rings is 1. The Morgan fingerprint density at radius 1 is 1.22 bits per heavy atom. The third kappa shape index (κ3) is 4.62. The molecule has 32 heavy (non-hydrogen) atoms. The zero-order chi connectivity index (χ0) is 22.8. The maximum absolute atomic E-state index is 13.1. The second kappa shape index (κ2) is 9.28. The summed E-state index contributed by atoms with van der Waals surface area (Å²) in [6, 6.07) is 4.53. The first kappa shape index (κ1) is 22.3. The van der Waals surface area contributed by atoms with Gasteiger partial charge in [-0.25, -0.2) is 14.2 Å². The number of aromatic amines is 1. The van der Waals surface area contributed by atoms with Crippen molar-refractivity contribution in [3.8, 4) is 0 Å². The highest BCUT2D eigenvalue weighted by Gasteiger charge is 2.49. The molecule has 2 aromatic rings. The van der Waals surface area contributed by atoms with E-state index in [-0.39, 0.29) is 11.8 Å². The van der Waals surface area contributed by atoms with Crippen molar-refractivity contribution in [1.82, 2.24) is 20.2 Å². The number of H-pyrrole nitrogens is 1. The second-order valence-electron chi connectivity index (χ2n) is 8.98. The van der Waals surface area contributed by atoms with Crippen LogP contribution in [0, 0.1) is 11.7 Å². The molecule has 4 N–H and O–H groups in total. The highest BCUT2D eigenvalue weighted by Crippen LogP contribution is 2.40. The number of anilines is 1. The van der Waals surface area contributed by atoms with Crippen molar-refractivity contribution in [3.63, 3.8) is 0 Å². The summed E-state index contributed by atoms with van der Waals surface area (Å²) in [5.74, 6) is -0.579. The zero-order valence-electron chi connectivity index (χ0n) is 18.3. The fourth-order valence-electron chi connectivity index (χ4n) is 4.70. The topological polar surface area (TPSA) is 110 Å². The molecule has 2 aliphatic rings. The van der Waals surface area contributed by atoms with Crippen LogP contribution in [0.4, 0.5) is 14.9 Å². The van der Waals surface area contributed by atoms with E-state index in [4.69, 9.17) is 0 Å². The first-order valence-corrected chi connectivity index (χ1v) is 11.2. The van der Waals surface area contributed by atoms with Crippen molar-refractivity contribution in [3.05, 3.63) is 47.8 Å². The molecule has 9 heteroatoms. The largest absolute Gasteiger partial charge is 0.392 e. The minimum atomic E-state index is -0.945. The van der Waals surface area contributed by atoms with E-state index >= 15 is 0 Å². The number of halogens is 1. The summed E-state index contributed by atoms with van der Waals surface area (Å²) in [5.41, 5.74) is 1.15. The van der Waals surface area contributed by atoms with Crippen LogP contribution in [0.2, 0.25) is 0 Å². The van der Waals surface area contributed by atoms with Crippen LogP contribution in [0.3, 0.4) is 0 Å². The first-order chi connectivity index (χ1) is 15.3. The van der Waals surface area contributed by atoms with E-state index in [0.29, 0.717) is 30.9 Å². The van der Waals surface area contributed by atoms with Crippen molar-refractivity contribution >= 4 is 17.6 Å². The lowest BCUT2D eigenvalue weighted by Crippen LogP contribution is -2.41.